The van der Waals surface area contributed by atoms with Gasteiger partial charge in [0.05, 0.1) is 13.2 Å². The van der Waals surface area contributed by atoms with Crippen molar-refractivity contribution < 1.29 is 14.3 Å². The zero-order valence-corrected chi connectivity index (χ0v) is 14.6. The van der Waals surface area contributed by atoms with E-state index in [1.165, 1.54) is 6.92 Å². The summed E-state index contributed by atoms with van der Waals surface area (Å²) in [5, 5.41) is 2.99. The summed E-state index contributed by atoms with van der Waals surface area (Å²) in [6, 6.07) is 15.0. The molecular formula is C21H23NO3. The lowest BCUT2D eigenvalue weighted by molar-refractivity contribution is -0.120. The van der Waals surface area contributed by atoms with Crippen LogP contribution in [0, 0.1) is 5.92 Å². The predicted molar refractivity (Wildman–Crippen MR) is 96.8 cm³/mol. The molecule has 4 nitrogen and oxygen atoms in total. The first-order chi connectivity index (χ1) is 12.1. The molecule has 1 aliphatic rings. The SMILES string of the molecule is COc1ccc(C(NC(C)=O)C2CCCc3ccccc3C2=O)cc1. The van der Waals surface area contributed by atoms with Crippen molar-refractivity contribution in [3.8, 4) is 5.75 Å². The lowest BCUT2D eigenvalue weighted by Crippen LogP contribution is -2.35. The third kappa shape index (κ3) is 3.73. The van der Waals surface area contributed by atoms with Crippen LogP contribution in [0.4, 0.5) is 0 Å². The van der Waals surface area contributed by atoms with Gasteiger partial charge in [-0.1, -0.05) is 36.4 Å². The average molecular weight is 337 g/mol. The van der Waals surface area contributed by atoms with Gasteiger partial charge in [0.25, 0.3) is 0 Å². The van der Waals surface area contributed by atoms with E-state index >= 15 is 0 Å². The molecule has 1 amide bonds. The summed E-state index contributed by atoms with van der Waals surface area (Å²) in [6.45, 7) is 1.49. The van der Waals surface area contributed by atoms with E-state index in [4.69, 9.17) is 4.74 Å². The summed E-state index contributed by atoms with van der Waals surface area (Å²) in [7, 11) is 1.62. The molecule has 1 N–H and O–H groups in total. The number of rotatable bonds is 4. The second kappa shape index (κ2) is 7.51. The minimum atomic E-state index is -0.331. The molecule has 130 valence electrons. The molecular weight excluding hydrogens is 314 g/mol. The lowest BCUT2D eigenvalue weighted by atomic mass is 9.84. The first kappa shape index (κ1) is 17.2. The fourth-order valence-corrected chi connectivity index (χ4v) is 3.59. The number of nitrogens with one attached hydrogen (secondary N) is 1. The quantitative estimate of drug-likeness (QED) is 0.865. The number of aryl methyl sites for hydroxylation is 1. The van der Waals surface area contributed by atoms with E-state index in [2.05, 4.69) is 5.32 Å². The maximum atomic E-state index is 13.2. The topological polar surface area (TPSA) is 55.4 Å². The van der Waals surface area contributed by atoms with Gasteiger partial charge in [0.2, 0.25) is 5.91 Å². The third-order valence-electron chi connectivity index (χ3n) is 4.82. The van der Waals surface area contributed by atoms with Crippen molar-refractivity contribution in [3.05, 3.63) is 65.2 Å². The maximum Gasteiger partial charge on any atom is 0.217 e. The van der Waals surface area contributed by atoms with Crippen LogP contribution in [0.15, 0.2) is 48.5 Å². The van der Waals surface area contributed by atoms with Gasteiger partial charge in [0.1, 0.15) is 5.75 Å². The molecule has 2 aromatic rings. The molecule has 0 fully saturated rings. The Kier molecular flexibility index (Phi) is 5.17. The molecule has 0 saturated heterocycles. The summed E-state index contributed by atoms with van der Waals surface area (Å²) < 4.78 is 5.21. The Balaban J connectivity index is 1.97. The number of amides is 1. The minimum absolute atomic E-state index is 0.114. The van der Waals surface area contributed by atoms with Gasteiger partial charge in [-0.25, -0.2) is 0 Å². The van der Waals surface area contributed by atoms with Gasteiger partial charge in [-0.3, -0.25) is 9.59 Å². The molecule has 0 saturated carbocycles. The normalized spacial score (nSPS) is 18.0. The van der Waals surface area contributed by atoms with Crippen LogP contribution in [-0.2, 0) is 11.2 Å². The molecule has 3 rings (SSSR count). The molecule has 1 aliphatic carbocycles. The highest BCUT2D eigenvalue weighted by Gasteiger charge is 2.33. The van der Waals surface area contributed by atoms with Crippen LogP contribution in [0.5, 0.6) is 5.75 Å². The number of carbonyl (C=O) groups is 2. The number of hydrogen-bond donors (Lipinski definition) is 1. The molecule has 2 atom stereocenters. The average Bonchev–Trinajstić information content (AvgIpc) is 2.79. The summed E-state index contributed by atoms with van der Waals surface area (Å²) in [5.41, 5.74) is 2.81. The molecule has 0 heterocycles. The smallest absolute Gasteiger partial charge is 0.217 e. The van der Waals surface area contributed by atoms with E-state index in [0.717, 1.165) is 41.7 Å². The van der Waals surface area contributed by atoms with Gasteiger partial charge in [0, 0.05) is 18.4 Å². The summed E-state index contributed by atoms with van der Waals surface area (Å²) in [6.07, 6.45) is 2.58. The van der Waals surface area contributed by atoms with Crippen molar-refractivity contribution in [2.24, 2.45) is 5.92 Å². The Morgan fingerprint density at radius 3 is 2.56 bits per heavy atom. The largest absolute Gasteiger partial charge is 0.497 e. The van der Waals surface area contributed by atoms with Crippen molar-refractivity contribution in [1.29, 1.82) is 0 Å². The van der Waals surface area contributed by atoms with E-state index in [1.807, 2.05) is 48.5 Å². The molecule has 0 bridgehead atoms. The Labute approximate surface area is 148 Å². The van der Waals surface area contributed by atoms with Crippen LogP contribution in [-0.4, -0.2) is 18.8 Å². The van der Waals surface area contributed by atoms with Crippen LogP contribution in [0.1, 0.15) is 47.3 Å². The zero-order valence-electron chi connectivity index (χ0n) is 14.6. The Morgan fingerprint density at radius 1 is 1.16 bits per heavy atom. The fraction of sp³-hybridized carbons (Fsp3) is 0.333. The lowest BCUT2D eigenvalue weighted by Gasteiger charge is -2.26. The Bertz CT molecular complexity index is 767. The van der Waals surface area contributed by atoms with Crippen LogP contribution >= 0.6 is 0 Å². The van der Waals surface area contributed by atoms with Gasteiger partial charge in [-0.15, -0.1) is 0 Å². The third-order valence-corrected chi connectivity index (χ3v) is 4.82. The van der Waals surface area contributed by atoms with E-state index < -0.39 is 0 Å². The van der Waals surface area contributed by atoms with Gasteiger partial charge in [0.15, 0.2) is 5.78 Å². The molecule has 0 radical (unpaired) electrons. The molecule has 2 aromatic carbocycles. The second-order valence-corrected chi connectivity index (χ2v) is 6.47. The number of fused-ring (bicyclic) bond motifs is 1. The number of benzene rings is 2. The molecule has 0 aromatic heterocycles. The van der Waals surface area contributed by atoms with Crippen molar-refractivity contribution in [3.63, 3.8) is 0 Å². The van der Waals surface area contributed by atoms with Gasteiger partial charge in [-0.05, 0) is 42.5 Å². The van der Waals surface area contributed by atoms with Crippen molar-refractivity contribution in [1.82, 2.24) is 5.32 Å². The monoisotopic (exact) mass is 337 g/mol. The number of ether oxygens (including phenoxy) is 1. The second-order valence-electron chi connectivity index (χ2n) is 6.47. The highest BCUT2D eigenvalue weighted by atomic mass is 16.5. The number of carbonyl (C=O) groups excluding carboxylic acids is 2. The Morgan fingerprint density at radius 2 is 1.88 bits per heavy atom. The van der Waals surface area contributed by atoms with Crippen LogP contribution in [0.3, 0.4) is 0 Å². The van der Waals surface area contributed by atoms with Crippen molar-refractivity contribution >= 4 is 11.7 Å². The van der Waals surface area contributed by atoms with Crippen LogP contribution in [0.2, 0.25) is 0 Å². The maximum absolute atomic E-state index is 13.2. The highest BCUT2D eigenvalue weighted by Crippen LogP contribution is 2.34. The van der Waals surface area contributed by atoms with Crippen LogP contribution in [0.25, 0.3) is 0 Å². The summed E-state index contributed by atoms with van der Waals surface area (Å²) in [4.78, 5) is 25.0. The molecule has 2 unspecified atom stereocenters. The van der Waals surface area contributed by atoms with E-state index in [-0.39, 0.29) is 23.7 Å². The van der Waals surface area contributed by atoms with E-state index in [1.54, 1.807) is 7.11 Å². The van der Waals surface area contributed by atoms with Gasteiger partial charge < -0.3 is 10.1 Å². The van der Waals surface area contributed by atoms with Crippen LogP contribution < -0.4 is 10.1 Å². The Hall–Kier alpha value is -2.62. The molecule has 0 aliphatic heterocycles. The molecule has 25 heavy (non-hydrogen) atoms. The number of methoxy groups -OCH3 is 1. The predicted octanol–water partition coefficient (Wildman–Crippen LogP) is 3.71. The van der Waals surface area contributed by atoms with Crippen molar-refractivity contribution in [2.45, 2.75) is 32.2 Å². The van der Waals surface area contributed by atoms with Gasteiger partial charge in [-0.2, -0.15) is 0 Å². The fourth-order valence-electron chi connectivity index (χ4n) is 3.59. The minimum Gasteiger partial charge on any atom is -0.497 e. The van der Waals surface area contributed by atoms with E-state index in [0.29, 0.717) is 0 Å². The first-order valence-electron chi connectivity index (χ1n) is 8.63. The molecule has 4 heteroatoms. The summed E-state index contributed by atoms with van der Waals surface area (Å²) in [5.74, 6) is 0.470. The number of hydrogen-bond acceptors (Lipinski definition) is 3. The molecule has 0 spiro atoms. The number of Topliss-reactive ketones (excluding diaryl/α,β-unsaturated/α-hetero) is 1. The zero-order chi connectivity index (χ0) is 17.8. The highest BCUT2D eigenvalue weighted by molar-refractivity contribution is 6.00. The first-order valence-corrected chi connectivity index (χ1v) is 8.63. The van der Waals surface area contributed by atoms with Gasteiger partial charge >= 0.3 is 0 Å². The standard InChI is InChI=1S/C21H23NO3/c1-14(23)22-20(16-10-12-17(25-2)13-11-16)19-9-5-7-15-6-3-4-8-18(15)21(19)24/h3-4,6,8,10-13,19-20H,5,7,9H2,1-2H3,(H,22,23). The van der Waals surface area contributed by atoms with E-state index in [9.17, 15) is 9.59 Å². The number of ketones is 1. The van der Waals surface area contributed by atoms with Crippen molar-refractivity contribution in [2.75, 3.05) is 7.11 Å². The summed E-state index contributed by atoms with van der Waals surface area (Å²) >= 11 is 0.